The van der Waals surface area contributed by atoms with E-state index >= 15 is 0 Å². The zero-order valence-electron chi connectivity index (χ0n) is 17.6. The van der Waals surface area contributed by atoms with Crippen LogP contribution < -0.4 is 10.9 Å². The van der Waals surface area contributed by atoms with Crippen molar-refractivity contribution in [3.05, 3.63) is 69.8 Å². The maximum atomic E-state index is 12.6. The third kappa shape index (κ3) is 4.91. The molecule has 3 aromatic rings. The number of benzene rings is 2. The second kappa shape index (κ2) is 9.03. The van der Waals surface area contributed by atoms with Gasteiger partial charge in [0, 0.05) is 18.5 Å². The molecule has 0 saturated carbocycles. The number of aromatic amines is 1. The van der Waals surface area contributed by atoms with Gasteiger partial charge in [-0.1, -0.05) is 58.0 Å². The Balaban J connectivity index is 1.68. The summed E-state index contributed by atoms with van der Waals surface area (Å²) in [5, 5.41) is 3.72. The number of hydrogen-bond donors (Lipinski definition) is 2. The monoisotopic (exact) mass is 391 g/mol. The highest BCUT2D eigenvalue weighted by Crippen LogP contribution is 2.32. The Kier molecular flexibility index (Phi) is 6.47. The number of carbonyl (C=O) groups excluding carboxylic acids is 1. The highest BCUT2D eigenvalue weighted by atomic mass is 16.1. The summed E-state index contributed by atoms with van der Waals surface area (Å²) in [4.78, 5) is 32.1. The molecule has 0 aliphatic carbocycles. The Morgan fingerprint density at radius 3 is 2.31 bits per heavy atom. The Morgan fingerprint density at radius 2 is 1.66 bits per heavy atom. The minimum absolute atomic E-state index is 0.0110. The van der Waals surface area contributed by atoms with Gasteiger partial charge in [0.2, 0.25) is 5.91 Å². The minimum atomic E-state index is -0.137. The summed E-state index contributed by atoms with van der Waals surface area (Å²) in [5.41, 5.74) is 3.81. The maximum Gasteiger partial charge on any atom is 0.258 e. The van der Waals surface area contributed by atoms with E-state index in [9.17, 15) is 9.59 Å². The number of aromatic nitrogens is 2. The first-order valence-corrected chi connectivity index (χ1v) is 10.3. The maximum absolute atomic E-state index is 12.6. The molecule has 5 nitrogen and oxygen atoms in total. The van der Waals surface area contributed by atoms with Crippen molar-refractivity contribution in [1.29, 1.82) is 0 Å². The number of nitrogens with zero attached hydrogens (tertiary/aromatic N) is 1. The van der Waals surface area contributed by atoms with E-state index in [1.54, 1.807) is 6.07 Å². The summed E-state index contributed by atoms with van der Waals surface area (Å²) < 4.78 is 0. The molecule has 0 fully saturated rings. The summed E-state index contributed by atoms with van der Waals surface area (Å²) >= 11 is 0. The fourth-order valence-corrected chi connectivity index (χ4v) is 3.57. The summed E-state index contributed by atoms with van der Waals surface area (Å²) in [6.45, 7) is 8.54. The van der Waals surface area contributed by atoms with Crippen molar-refractivity contribution in [2.45, 2.75) is 58.8 Å². The normalized spacial score (nSPS) is 11.4. The molecular formula is C24H29N3O2. The number of amides is 1. The SMILES string of the molecule is CC(C)c1cccc(C(C)C)c1NC(=O)CCCc1nc2ccccc2c(=O)[nH]1. The average molecular weight is 392 g/mol. The lowest BCUT2D eigenvalue weighted by Crippen LogP contribution is -2.16. The number of nitrogens with one attached hydrogen (secondary N) is 2. The Morgan fingerprint density at radius 1 is 1.00 bits per heavy atom. The average Bonchev–Trinajstić information content (AvgIpc) is 2.68. The van der Waals surface area contributed by atoms with E-state index in [0.29, 0.717) is 47.8 Å². The molecule has 0 aliphatic rings. The molecule has 29 heavy (non-hydrogen) atoms. The molecular weight excluding hydrogens is 362 g/mol. The van der Waals surface area contributed by atoms with Gasteiger partial charge < -0.3 is 10.3 Å². The molecule has 1 heterocycles. The van der Waals surface area contributed by atoms with Crippen LogP contribution in [0.4, 0.5) is 5.69 Å². The lowest BCUT2D eigenvalue weighted by molar-refractivity contribution is -0.116. The molecule has 2 aromatic carbocycles. The van der Waals surface area contributed by atoms with Crippen LogP contribution in [0.1, 0.15) is 69.3 Å². The number of fused-ring (bicyclic) bond motifs is 1. The second-order valence-corrected chi connectivity index (χ2v) is 8.05. The van der Waals surface area contributed by atoms with E-state index in [1.165, 1.54) is 0 Å². The Hall–Kier alpha value is -2.95. The van der Waals surface area contributed by atoms with Gasteiger partial charge in [-0.3, -0.25) is 9.59 Å². The fourth-order valence-electron chi connectivity index (χ4n) is 3.57. The first kappa shape index (κ1) is 20.8. The standard InChI is InChI=1S/C24H29N3O2/c1-15(2)17-10-7-11-18(16(3)4)23(17)27-22(28)14-8-13-21-25-20-12-6-5-9-19(20)24(29)26-21/h5-7,9-12,15-16H,8,13-14H2,1-4H3,(H,27,28)(H,25,26,29). The van der Waals surface area contributed by atoms with Crippen molar-refractivity contribution in [3.8, 4) is 0 Å². The van der Waals surface area contributed by atoms with Crippen molar-refractivity contribution in [2.75, 3.05) is 5.32 Å². The fraction of sp³-hybridized carbons (Fsp3) is 0.375. The van der Waals surface area contributed by atoms with Crippen molar-refractivity contribution >= 4 is 22.5 Å². The highest BCUT2D eigenvalue weighted by Gasteiger charge is 2.16. The minimum Gasteiger partial charge on any atom is -0.326 e. The smallest absolute Gasteiger partial charge is 0.258 e. The van der Waals surface area contributed by atoms with Crippen LogP contribution in [0.25, 0.3) is 10.9 Å². The lowest BCUT2D eigenvalue weighted by Gasteiger charge is -2.20. The molecule has 1 aromatic heterocycles. The molecule has 152 valence electrons. The van der Waals surface area contributed by atoms with Gasteiger partial charge in [0.15, 0.2) is 0 Å². The Bertz CT molecular complexity index is 1040. The van der Waals surface area contributed by atoms with Gasteiger partial charge in [-0.2, -0.15) is 0 Å². The predicted molar refractivity (Wildman–Crippen MR) is 119 cm³/mol. The van der Waals surface area contributed by atoms with E-state index in [2.05, 4.69) is 61.2 Å². The number of anilines is 1. The van der Waals surface area contributed by atoms with Crippen molar-refractivity contribution < 1.29 is 4.79 Å². The van der Waals surface area contributed by atoms with Crippen LogP contribution in [0.2, 0.25) is 0 Å². The molecule has 1 amide bonds. The van der Waals surface area contributed by atoms with Crippen molar-refractivity contribution in [2.24, 2.45) is 0 Å². The van der Waals surface area contributed by atoms with Crippen molar-refractivity contribution in [3.63, 3.8) is 0 Å². The molecule has 0 atom stereocenters. The first-order valence-electron chi connectivity index (χ1n) is 10.3. The number of carbonyl (C=O) groups is 1. The van der Waals surface area contributed by atoms with Crippen LogP contribution in [0, 0.1) is 0 Å². The van der Waals surface area contributed by atoms with Crippen molar-refractivity contribution in [1.82, 2.24) is 9.97 Å². The van der Waals surface area contributed by atoms with E-state index in [1.807, 2.05) is 18.2 Å². The predicted octanol–water partition coefficient (Wildman–Crippen LogP) is 5.13. The van der Waals surface area contributed by atoms with Gasteiger partial charge >= 0.3 is 0 Å². The van der Waals surface area contributed by atoms with Gasteiger partial charge in [-0.25, -0.2) is 4.98 Å². The molecule has 0 aliphatic heterocycles. The zero-order chi connectivity index (χ0) is 21.0. The van der Waals surface area contributed by atoms with Gasteiger partial charge in [0.05, 0.1) is 10.9 Å². The van der Waals surface area contributed by atoms with Crippen LogP contribution >= 0.6 is 0 Å². The summed E-state index contributed by atoms with van der Waals surface area (Å²) in [7, 11) is 0. The van der Waals surface area contributed by atoms with E-state index in [0.717, 1.165) is 16.8 Å². The summed E-state index contributed by atoms with van der Waals surface area (Å²) in [6.07, 6.45) is 1.55. The highest BCUT2D eigenvalue weighted by molar-refractivity contribution is 5.92. The molecule has 5 heteroatoms. The lowest BCUT2D eigenvalue weighted by atomic mass is 9.92. The third-order valence-electron chi connectivity index (χ3n) is 5.12. The van der Waals surface area contributed by atoms with Gasteiger partial charge in [-0.05, 0) is 41.5 Å². The first-order chi connectivity index (χ1) is 13.9. The summed E-state index contributed by atoms with van der Waals surface area (Å²) in [5.74, 6) is 1.27. The molecule has 0 unspecified atom stereocenters. The molecule has 0 spiro atoms. The number of hydrogen-bond acceptors (Lipinski definition) is 3. The van der Waals surface area contributed by atoms with Gasteiger partial charge in [0.25, 0.3) is 5.56 Å². The molecule has 0 radical (unpaired) electrons. The van der Waals surface area contributed by atoms with E-state index in [-0.39, 0.29) is 11.5 Å². The molecule has 0 bridgehead atoms. The van der Waals surface area contributed by atoms with Crippen LogP contribution in [-0.4, -0.2) is 15.9 Å². The third-order valence-corrected chi connectivity index (χ3v) is 5.12. The largest absolute Gasteiger partial charge is 0.326 e. The van der Waals surface area contributed by atoms with Gasteiger partial charge in [0.1, 0.15) is 5.82 Å². The number of H-pyrrole nitrogens is 1. The quantitative estimate of drug-likeness (QED) is 0.586. The van der Waals surface area contributed by atoms with Crippen LogP contribution in [0.15, 0.2) is 47.3 Å². The molecule has 0 saturated heterocycles. The number of para-hydroxylation sites is 2. The molecule has 2 N–H and O–H groups in total. The van der Waals surface area contributed by atoms with E-state index in [4.69, 9.17) is 0 Å². The number of rotatable bonds is 7. The topological polar surface area (TPSA) is 74.8 Å². The summed E-state index contributed by atoms with van der Waals surface area (Å²) in [6, 6.07) is 13.5. The number of aryl methyl sites for hydroxylation is 1. The van der Waals surface area contributed by atoms with Crippen LogP contribution in [0.3, 0.4) is 0 Å². The van der Waals surface area contributed by atoms with Gasteiger partial charge in [-0.15, -0.1) is 0 Å². The zero-order valence-corrected chi connectivity index (χ0v) is 17.6. The Labute approximate surface area is 171 Å². The van der Waals surface area contributed by atoms with E-state index < -0.39 is 0 Å². The second-order valence-electron chi connectivity index (χ2n) is 8.05. The van der Waals surface area contributed by atoms with Crippen LogP contribution in [-0.2, 0) is 11.2 Å². The van der Waals surface area contributed by atoms with Crippen LogP contribution in [0.5, 0.6) is 0 Å². The molecule has 3 rings (SSSR count).